The number of nitrogens with zero attached hydrogens (tertiary/aromatic N) is 2. The number of sulfonamides is 1. The van der Waals surface area contributed by atoms with Crippen LogP contribution in [0.2, 0.25) is 0 Å². The van der Waals surface area contributed by atoms with Crippen LogP contribution < -0.4 is 14.4 Å². The van der Waals surface area contributed by atoms with E-state index in [2.05, 4.69) is 5.32 Å². The molecule has 0 aromatic heterocycles. The summed E-state index contributed by atoms with van der Waals surface area (Å²) >= 11 is 0. The van der Waals surface area contributed by atoms with Crippen molar-refractivity contribution in [3.05, 3.63) is 90.2 Å². The zero-order chi connectivity index (χ0) is 28.6. The number of amides is 2. The minimum absolute atomic E-state index is 0.0973. The van der Waals surface area contributed by atoms with Gasteiger partial charge in [0.15, 0.2) is 0 Å². The van der Waals surface area contributed by atoms with E-state index < -0.39 is 34.3 Å². The van der Waals surface area contributed by atoms with E-state index in [-0.39, 0.29) is 29.1 Å². The number of nitrogens with one attached hydrogen (secondary N) is 1. The fourth-order valence-electron chi connectivity index (χ4n) is 3.91. The Morgan fingerprint density at radius 1 is 0.923 bits per heavy atom. The number of rotatable bonds is 12. The summed E-state index contributed by atoms with van der Waals surface area (Å²) in [5.74, 6) is -0.985. The molecule has 0 aliphatic carbocycles. The van der Waals surface area contributed by atoms with Gasteiger partial charge in [-0.3, -0.25) is 13.9 Å². The molecule has 3 rings (SSSR count). The molecule has 208 valence electrons. The molecular weight excluding hydrogens is 521 g/mol. The zero-order valence-electron chi connectivity index (χ0n) is 22.5. The fraction of sp³-hybridized carbons (Fsp3) is 0.310. The highest BCUT2D eigenvalue weighted by Gasteiger charge is 2.32. The second-order valence-corrected chi connectivity index (χ2v) is 11.1. The number of carbonyl (C=O) groups excluding carboxylic acids is 2. The molecule has 3 aromatic carbocycles. The Hall–Kier alpha value is -3.92. The van der Waals surface area contributed by atoms with Crippen LogP contribution in [0.4, 0.5) is 10.1 Å². The lowest BCUT2D eigenvalue weighted by molar-refractivity contribution is -0.139. The highest BCUT2D eigenvalue weighted by Crippen LogP contribution is 2.27. The Bertz CT molecular complexity index is 1350. The van der Waals surface area contributed by atoms with Crippen LogP contribution in [0.1, 0.15) is 33.3 Å². The molecule has 39 heavy (non-hydrogen) atoms. The quantitative estimate of drug-likeness (QED) is 0.358. The van der Waals surface area contributed by atoms with Crippen LogP contribution in [0.15, 0.2) is 83.8 Å². The molecule has 0 saturated carbocycles. The van der Waals surface area contributed by atoms with Gasteiger partial charge in [-0.05, 0) is 81.8 Å². The predicted molar refractivity (Wildman–Crippen MR) is 148 cm³/mol. The maximum absolute atomic E-state index is 13.8. The van der Waals surface area contributed by atoms with Crippen LogP contribution in [0, 0.1) is 5.82 Å². The number of halogens is 1. The molecule has 1 unspecified atom stereocenters. The Labute approximate surface area is 229 Å². The normalized spacial score (nSPS) is 12.1. The third-order valence-corrected chi connectivity index (χ3v) is 7.70. The molecule has 0 fully saturated rings. The van der Waals surface area contributed by atoms with E-state index in [9.17, 15) is 22.4 Å². The van der Waals surface area contributed by atoms with E-state index in [0.29, 0.717) is 12.4 Å². The van der Waals surface area contributed by atoms with E-state index in [1.54, 1.807) is 19.1 Å². The SMILES string of the molecule is CCOc1ccc(N(CC(=O)N(Cc2ccccc2)C(C)C(=O)NC(C)C)S(=O)(=O)c2ccc(F)cc2)cc1. The van der Waals surface area contributed by atoms with Crippen molar-refractivity contribution in [2.75, 3.05) is 17.5 Å². The molecule has 0 radical (unpaired) electrons. The summed E-state index contributed by atoms with van der Waals surface area (Å²) < 4.78 is 47.5. The van der Waals surface area contributed by atoms with Crippen LogP contribution in [0.25, 0.3) is 0 Å². The second-order valence-electron chi connectivity index (χ2n) is 9.24. The summed E-state index contributed by atoms with van der Waals surface area (Å²) in [5, 5.41) is 2.81. The fourth-order valence-corrected chi connectivity index (χ4v) is 5.32. The second kappa shape index (κ2) is 13.2. The summed E-state index contributed by atoms with van der Waals surface area (Å²) in [6.07, 6.45) is 0. The maximum atomic E-state index is 13.8. The van der Waals surface area contributed by atoms with E-state index in [4.69, 9.17) is 4.74 Å². The lowest BCUT2D eigenvalue weighted by Gasteiger charge is -2.32. The van der Waals surface area contributed by atoms with Crippen LogP contribution in [-0.4, -0.2) is 50.4 Å². The smallest absolute Gasteiger partial charge is 0.264 e. The molecule has 2 amide bonds. The summed E-state index contributed by atoms with van der Waals surface area (Å²) in [6, 6.07) is 18.8. The van der Waals surface area contributed by atoms with Crippen molar-refractivity contribution in [1.29, 1.82) is 0 Å². The van der Waals surface area contributed by atoms with Crippen LogP contribution >= 0.6 is 0 Å². The monoisotopic (exact) mass is 555 g/mol. The summed E-state index contributed by atoms with van der Waals surface area (Å²) in [4.78, 5) is 27.9. The molecule has 8 nitrogen and oxygen atoms in total. The molecule has 3 aromatic rings. The Morgan fingerprint density at radius 2 is 1.54 bits per heavy atom. The van der Waals surface area contributed by atoms with Gasteiger partial charge in [-0.25, -0.2) is 12.8 Å². The molecule has 0 heterocycles. The number of hydrogen-bond donors (Lipinski definition) is 1. The van der Waals surface area contributed by atoms with E-state index >= 15 is 0 Å². The molecule has 1 N–H and O–H groups in total. The minimum atomic E-state index is -4.28. The average Bonchev–Trinajstić information content (AvgIpc) is 2.91. The first-order valence-corrected chi connectivity index (χ1v) is 14.1. The highest BCUT2D eigenvalue weighted by atomic mass is 32.2. The Morgan fingerprint density at radius 3 is 2.10 bits per heavy atom. The molecular formula is C29H34FN3O5S. The molecule has 0 bridgehead atoms. The van der Waals surface area contributed by atoms with Crippen molar-refractivity contribution in [2.24, 2.45) is 0 Å². The van der Waals surface area contributed by atoms with Gasteiger partial charge in [-0.15, -0.1) is 0 Å². The third kappa shape index (κ3) is 7.79. The number of carbonyl (C=O) groups is 2. The first-order valence-electron chi connectivity index (χ1n) is 12.7. The Kier molecular flexibility index (Phi) is 10.1. The highest BCUT2D eigenvalue weighted by molar-refractivity contribution is 7.92. The van der Waals surface area contributed by atoms with Gasteiger partial charge in [-0.2, -0.15) is 0 Å². The van der Waals surface area contributed by atoms with Crippen molar-refractivity contribution < 1.29 is 27.1 Å². The zero-order valence-corrected chi connectivity index (χ0v) is 23.3. The minimum Gasteiger partial charge on any atom is -0.494 e. The van der Waals surface area contributed by atoms with E-state index in [1.165, 1.54) is 17.0 Å². The number of benzene rings is 3. The van der Waals surface area contributed by atoms with Crippen molar-refractivity contribution in [3.63, 3.8) is 0 Å². The van der Waals surface area contributed by atoms with Gasteiger partial charge in [0.05, 0.1) is 17.2 Å². The number of ether oxygens (including phenoxy) is 1. The molecule has 0 aliphatic rings. The molecule has 1 atom stereocenters. The van der Waals surface area contributed by atoms with Gasteiger partial charge >= 0.3 is 0 Å². The van der Waals surface area contributed by atoms with Crippen molar-refractivity contribution in [3.8, 4) is 5.75 Å². The summed E-state index contributed by atoms with van der Waals surface area (Å²) in [6.45, 7) is 7.01. The molecule has 0 saturated heterocycles. The largest absolute Gasteiger partial charge is 0.494 e. The predicted octanol–water partition coefficient (Wildman–Crippen LogP) is 4.36. The standard InChI is InChI=1S/C29H34FN3O5S/c1-5-38-26-15-13-25(14-16-26)33(39(36,37)27-17-11-24(30)12-18-27)20-28(34)32(19-23-9-7-6-8-10-23)22(4)29(35)31-21(2)3/h6-18,21-22H,5,19-20H2,1-4H3,(H,31,35). The lowest BCUT2D eigenvalue weighted by Crippen LogP contribution is -2.52. The average molecular weight is 556 g/mol. The first-order chi connectivity index (χ1) is 18.5. The van der Waals surface area contributed by atoms with Gasteiger partial charge < -0.3 is 15.0 Å². The van der Waals surface area contributed by atoms with Crippen molar-refractivity contribution in [1.82, 2.24) is 10.2 Å². The molecule has 0 aliphatic heterocycles. The molecule has 10 heteroatoms. The number of anilines is 1. The van der Waals surface area contributed by atoms with Gasteiger partial charge in [-0.1, -0.05) is 30.3 Å². The lowest BCUT2D eigenvalue weighted by atomic mass is 10.1. The van der Waals surface area contributed by atoms with Crippen molar-refractivity contribution >= 4 is 27.5 Å². The summed E-state index contributed by atoms with van der Waals surface area (Å²) in [5.41, 5.74) is 0.999. The van der Waals surface area contributed by atoms with Crippen LogP contribution in [0.3, 0.4) is 0 Å². The first kappa shape index (κ1) is 29.6. The van der Waals surface area contributed by atoms with Gasteiger partial charge in [0.2, 0.25) is 11.8 Å². The van der Waals surface area contributed by atoms with E-state index in [0.717, 1.165) is 34.1 Å². The van der Waals surface area contributed by atoms with Crippen LogP contribution in [0.5, 0.6) is 5.75 Å². The van der Waals surface area contributed by atoms with E-state index in [1.807, 2.05) is 51.1 Å². The topological polar surface area (TPSA) is 96.0 Å². The third-order valence-electron chi connectivity index (χ3n) is 5.91. The van der Waals surface area contributed by atoms with Gasteiger partial charge in [0.1, 0.15) is 24.2 Å². The molecule has 0 spiro atoms. The van der Waals surface area contributed by atoms with Crippen LogP contribution in [-0.2, 0) is 26.2 Å². The van der Waals surface area contributed by atoms with Gasteiger partial charge in [0, 0.05) is 12.6 Å². The van der Waals surface area contributed by atoms with Crippen molar-refractivity contribution in [2.45, 2.75) is 51.2 Å². The van der Waals surface area contributed by atoms with Gasteiger partial charge in [0.25, 0.3) is 10.0 Å². The summed E-state index contributed by atoms with van der Waals surface area (Å²) in [7, 11) is -4.28. The number of hydrogen-bond acceptors (Lipinski definition) is 5. The Balaban J connectivity index is 2.02. The maximum Gasteiger partial charge on any atom is 0.264 e.